The van der Waals surface area contributed by atoms with Gasteiger partial charge in [-0.25, -0.2) is 0 Å². The second-order valence-electron chi connectivity index (χ2n) is 5.38. The number of rotatable bonds is 2. The molecule has 2 nitrogen and oxygen atoms in total. The van der Waals surface area contributed by atoms with E-state index < -0.39 is 0 Å². The lowest BCUT2D eigenvalue weighted by molar-refractivity contribution is 0.378. The van der Waals surface area contributed by atoms with Crippen molar-refractivity contribution in [2.75, 3.05) is 5.32 Å². The van der Waals surface area contributed by atoms with Crippen LogP contribution in [-0.2, 0) is 0 Å². The van der Waals surface area contributed by atoms with E-state index in [1.54, 1.807) is 0 Å². The van der Waals surface area contributed by atoms with Crippen LogP contribution in [0.15, 0.2) is 18.3 Å². The van der Waals surface area contributed by atoms with Crippen LogP contribution in [0.2, 0.25) is 0 Å². The summed E-state index contributed by atoms with van der Waals surface area (Å²) < 4.78 is 0. The Bertz CT molecular complexity index is 344. The normalized spacial score (nSPS) is 24.1. The average molecular weight is 204 g/mol. The molecular formula is C13H20N2. The van der Waals surface area contributed by atoms with Crippen LogP contribution in [0, 0.1) is 12.3 Å². The topological polar surface area (TPSA) is 24.9 Å². The van der Waals surface area contributed by atoms with E-state index in [2.05, 4.69) is 37.1 Å². The van der Waals surface area contributed by atoms with Gasteiger partial charge in [0, 0.05) is 12.2 Å². The van der Waals surface area contributed by atoms with Gasteiger partial charge in [-0.1, -0.05) is 13.8 Å². The fourth-order valence-corrected chi connectivity index (χ4v) is 2.42. The average Bonchev–Trinajstić information content (AvgIpc) is 2.50. The molecule has 0 aromatic carbocycles. The molecule has 2 heteroatoms. The number of nitrogens with one attached hydrogen (secondary N) is 1. The van der Waals surface area contributed by atoms with Gasteiger partial charge in [0.15, 0.2) is 0 Å². The number of aryl methyl sites for hydroxylation is 1. The van der Waals surface area contributed by atoms with E-state index in [4.69, 9.17) is 0 Å². The summed E-state index contributed by atoms with van der Waals surface area (Å²) in [5, 5.41) is 3.60. The number of nitrogens with zero attached hydrogens (tertiary/aromatic N) is 1. The van der Waals surface area contributed by atoms with Gasteiger partial charge in [-0.05, 0) is 43.7 Å². The van der Waals surface area contributed by atoms with Gasteiger partial charge in [0.25, 0.3) is 0 Å². The molecule has 1 aliphatic rings. The van der Waals surface area contributed by atoms with Crippen LogP contribution >= 0.6 is 0 Å². The van der Waals surface area contributed by atoms with Crippen LogP contribution in [0.1, 0.15) is 38.8 Å². The largest absolute Gasteiger partial charge is 0.381 e. The number of hydrogen-bond acceptors (Lipinski definition) is 2. The molecule has 2 rings (SSSR count). The van der Waals surface area contributed by atoms with E-state index >= 15 is 0 Å². The lowest BCUT2D eigenvalue weighted by atomic mass is 9.92. The molecule has 0 bridgehead atoms. The van der Waals surface area contributed by atoms with Crippen molar-refractivity contribution in [1.29, 1.82) is 0 Å². The molecule has 0 spiro atoms. The highest BCUT2D eigenvalue weighted by molar-refractivity contribution is 5.47. The first-order valence-electron chi connectivity index (χ1n) is 5.75. The number of anilines is 1. The predicted molar refractivity (Wildman–Crippen MR) is 64.0 cm³/mol. The maximum absolute atomic E-state index is 4.30. The zero-order chi connectivity index (χ0) is 10.9. The maximum atomic E-state index is 4.30. The maximum Gasteiger partial charge on any atom is 0.0603 e. The van der Waals surface area contributed by atoms with Crippen LogP contribution in [-0.4, -0.2) is 11.0 Å². The molecule has 1 saturated carbocycles. The molecule has 1 unspecified atom stereocenters. The summed E-state index contributed by atoms with van der Waals surface area (Å²) in [5.74, 6) is 0. The number of hydrogen-bond donors (Lipinski definition) is 1. The third-order valence-electron chi connectivity index (χ3n) is 3.34. The predicted octanol–water partition coefficient (Wildman–Crippen LogP) is 3.38. The van der Waals surface area contributed by atoms with Crippen LogP contribution in [0.25, 0.3) is 0 Å². The van der Waals surface area contributed by atoms with E-state index in [0.29, 0.717) is 11.5 Å². The molecule has 1 atom stereocenters. The zero-order valence-electron chi connectivity index (χ0n) is 9.88. The van der Waals surface area contributed by atoms with E-state index in [-0.39, 0.29) is 0 Å². The minimum Gasteiger partial charge on any atom is -0.381 e. The molecule has 0 saturated heterocycles. The SMILES string of the molecule is Cc1ncccc1NC1CCC(C)(C)C1. The minimum atomic E-state index is 0.508. The highest BCUT2D eigenvalue weighted by Crippen LogP contribution is 2.38. The van der Waals surface area contributed by atoms with E-state index in [1.165, 1.54) is 24.9 Å². The van der Waals surface area contributed by atoms with Crippen molar-refractivity contribution in [3.8, 4) is 0 Å². The van der Waals surface area contributed by atoms with Crippen molar-refractivity contribution in [2.45, 2.75) is 46.1 Å². The van der Waals surface area contributed by atoms with Gasteiger partial charge in [-0.2, -0.15) is 0 Å². The Hall–Kier alpha value is -1.05. The molecule has 0 amide bonds. The van der Waals surface area contributed by atoms with E-state index in [1.807, 2.05) is 12.3 Å². The Morgan fingerprint density at radius 1 is 1.47 bits per heavy atom. The Morgan fingerprint density at radius 2 is 2.27 bits per heavy atom. The lowest BCUT2D eigenvalue weighted by Crippen LogP contribution is -2.18. The molecule has 1 aliphatic carbocycles. The standard InChI is InChI=1S/C13H20N2/c1-10-12(5-4-8-14-10)15-11-6-7-13(2,3)9-11/h4-5,8,11,15H,6-7,9H2,1-3H3. The second-order valence-corrected chi connectivity index (χ2v) is 5.38. The molecule has 1 aromatic heterocycles. The number of aromatic nitrogens is 1. The molecule has 0 aliphatic heterocycles. The smallest absolute Gasteiger partial charge is 0.0603 e. The summed E-state index contributed by atoms with van der Waals surface area (Å²) in [6, 6.07) is 4.74. The summed E-state index contributed by atoms with van der Waals surface area (Å²) in [6.45, 7) is 6.76. The Labute approximate surface area is 92.1 Å². The summed E-state index contributed by atoms with van der Waals surface area (Å²) >= 11 is 0. The van der Waals surface area contributed by atoms with Crippen molar-refractivity contribution in [2.24, 2.45) is 5.41 Å². The second kappa shape index (κ2) is 3.84. The first kappa shape index (κ1) is 10.5. The highest BCUT2D eigenvalue weighted by atomic mass is 14.9. The van der Waals surface area contributed by atoms with Crippen molar-refractivity contribution in [1.82, 2.24) is 4.98 Å². The van der Waals surface area contributed by atoms with Crippen molar-refractivity contribution in [3.05, 3.63) is 24.0 Å². The van der Waals surface area contributed by atoms with Crippen molar-refractivity contribution < 1.29 is 0 Å². The first-order chi connectivity index (χ1) is 7.07. The van der Waals surface area contributed by atoms with Gasteiger partial charge in [-0.15, -0.1) is 0 Å². The van der Waals surface area contributed by atoms with Gasteiger partial charge in [0.05, 0.1) is 11.4 Å². The number of pyridine rings is 1. The third kappa shape index (κ3) is 2.49. The molecule has 15 heavy (non-hydrogen) atoms. The van der Waals surface area contributed by atoms with Crippen molar-refractivity contribution in [3.63, 3.8) is 0 Å². The van der Waals surface area contributed by atoms with Crippen LogP contribution < -0.4 is 5.32 Å². The molecule has 82 valence electrons. The van der Waals surface area contributed by atoms with Gasteiger partial charge in [0.2, 0.25) is 0 Å². The molecule has 1 N–H and O–H groups in total. The Balaban J connectivity index is 2.02. The van der Waals surface area contributed by atoms with E-state index in [0.717, 1.165) is 5.69 Å². The van der Waals surface area contributed by atoms with Gasteiger partial charge in [-0.3, -0.25) is 4.98 Å². The lowest BCUT2D eigenvalue weighted by Gasteiger charge is -2.19. The van der Waals surface area contributed by atoms with Crippen molar-refractivity contribution >= 4 is 5.69 Å². The quantitative estimate of drug-likeness (QED) is 0.798. The first-order valence-corrected chi connectivity index (χ1v) is 5.75. The molecule has 1 heterocycles. The fraction of sp³-hybridized carbons (Fsp3) is 0.615. The van der Waals surface area contributed by atoms with Gasteiger partial charge in [0.1, 0.15) is 0 Å². The summed E-state index contributed by atoms with van der Waals surface area (Å²) in [4.78, 5) is 4.30. The molecule has 1 aromatic rings. The third-order valence-corrected chi connectivity index (χ3v) is 3.34. The summed E-state index contributed by atoms with van der Waals surface area (Å²) in [6.07, 6.45) is 5.71. The molecule has 0 radical (unpaired) electrons. The van der Waals surface area contributed by atoms with Crippen LogP contribution in [0.5, 0.6) is 0 Å². The van der Waals surface area contributed by atoms with Gasteiger partial charge < -0.3 is 5.32 Å². The van der Waals surface area contributed by atoms with Crippen LogP contribution in [0.4, 0.5) is 5.69 Å². The molecular weight excluding hydrogens is 184 g/mol. The highest BCUT2D eigenvalue weighted by Gasteiger charge is 2.30. The minimum absolute atomic E-state index is 0.508. The summed E-state index contributed by atoms with van der Waals surface area (Å²) in [7, 11) is 0. The van der Waals surface area contributed by atoms with E-state index in [9.17, 15) is 0 Å². The van der Waals surface area contributed by atoms with Crippen LogP contribution in [0.3, 0.4) is 0 Å². The monoisotopic (exact) mass is 204 g/mol. The fourth-order valence-electron chi connectivity index (χ4n) is 2.42. The Kier molecular flexibility index (Phi) is 2.68. The molecule has 1 fully saturated rings. The summed E-state index contributed by atoms with van der Waals surface area (Å²) in [5.41, 5.74) is 2.80. The zero-order valence-corrected chi connectivity index (χ0v) is 9.88. The van der Waals surface area contributed by atoms with Gasteiger partial charge >= 0.3 is 0 Å². The Morgan fingerprint density at radius 3 is 2.87 bits per heavy atom.